The Morgan fingerprint density at radius 2 is 1.90 bits per heavy atom. The van der Waals surface area contributed by atoms with Crippen LogP contribution in [0.15, 0.2) is 70.9 Å². The van der Waals surface area contributed by atoms with E-state index in [9.17, 15) is 5.11 Å². The molecule has 1 fully saturated rings. The highest BCUT2D eigenvalue weighted by molar-refractivity contribution is 6.27. The Morgan fingerprint density at radius 1 is 1.07 bits per heavy atom. The third kappa shape index (κ3) is 4.66. The normalized spacial score (nSPS) is 21.1. The summed E-state index contributed by atoms with van der Waals surface area (Å²) < 4.78 is 3.98. The van der Waals surface area contributed by atoms with Crippen LogP contribution in [0.4, 0.5) is 0 Å². The van der Waals surface area contributed by atoms with Crippen molar-refractivity contribution >= 4 is 28.1 Å². The quantitative estimate of drug-likeness (QED) is 0.331. The van der Waals surface area contributed by atoms with Gasteiger partial charge in [0, 0.05) is 42.0 Å². The minimum Gasteiger partial charge on any atom is -0.386 e. The highest BCUT2D eigenvalue weighted by Crippen LogP contribution is 2.38. The molecule has 9 nitrogen and oxygen atoms in total. The molecule has 0 aliphatic carbocycles. The van der Waals surface area contributed by atoms with Crippen LogP contribution in [0.2, 0.25) is 0 Å². The van der Waals surface area contributed by atoms with Crippen molar-refractivity contribution in [2.45, 2.75) is 58.2 Å². The average Bonchev–Trinajstić information content (AvgIpc) is 3.77. The average molecular weight is 563 g/mol. The number of amidine groups is 1. The lowest BCUT2D eigenvalue weighted by molar-refractivity contribution is 0.152. The summed E-state index contributed by atoms with van der Waals surface area (Å²) in [5, 5.41) is 32.4. The van der Waals surface area contributed by atoms with Gasteiger partial charge in [-0.1, -0.05) is 56.3 Å². The second kappa shape index (κ2) is 10.6. The number of hydrazone groups is 1. The number of fused-ring (bicyclic) bond motifs is 2. The van der Waals surface area contributed by atoms with Gasteiger partial charge < -0.3 is 10.4 Å². The number of hydrogen-bond donors (Lipinski definition) is 2. The number of aliphatic hydroxyl groups is 1. The van der Waals surface area contributed by atoms with Gasteiger partial charge in [-0.2, -0.15) is 15.3 Å². The zero-order valence-electron chi connectivity index (χ0n) is 24.7. The van der Waals surface area contributed by atoms with Crippen molar-refractivity contribution in [2.75, 3.05) is 20.1 Å². The number of dihydropyridines is 1. The molecule has 4 aromatic rings. The van der Waals surface area contributed by atoms with E-state index in [0.29, 0.717) is 6.54 Å². The van der Waals surface area contributed by atoms with Crippen LogP contribution < -0.4 is 5.32 Å². The number of aliphatic hydroxyl groups excluding tert-OH is 1. The van der Waals surface area contributed by atoms with Crippen molar-refractivity contribution < 1.29 is 5.11 Å². The fourth-order valence-corrected chi connectivity index (χ4v) is 6.69. The van der Waals surface area contributed by atoms with E-state index >= 15 is 0 Å². The van der Waals surface area contributed by atoms with Gasteiger partial charge in [0.2, 0.25) is 0 Å². The van der Waals surface area contributed by atoms with E-state index in [2.05, 4.69) is 42.9 Å². The van der Waals surface area contributed by atoms with E-state index < -0.39 is 6.10 Å². The molecule has 3 atom stereocenters. The molecule has 3 unspecified atom stereocenters. The summed E-state index contributed by atoms with van der Waals surface area (Å²) in [5.74, 6) is 1.32. The Morgan fingerprint density at radius 3 is 2.67 bits per heavy atom. The second-order valence-electron chi connectivity index (χ2n) is 12.0. The van der Waals surface area contributed by atoms with E-state index in [4.69, 9.17) is 20.3 Å². The lowest BCUT2D eigenvalue weighted by Gasteiger charge is -2.24. The molecular weight excluding hydrogens is 524 g/mol. The molecule has 0 spiro atoms. The van der Waals surface area contributed by atoms with E-state index in [1.54, 1.807) is 0 Å². The van der Waals surface area contributed by atoms with Gasteiger partial charge in [0.25, 0.3) is 0 Å². The standard InChI is InChI=1S/C33H38N8O/c1-20(2)30-21(3)41(28-16-23-17-39(4)38-33(23)35-32(28)27-14-9-15-34-27)37-31(30)24-12-8-13-26-25(24)18-40(36-26)19-29(42)22-10-6-5-7-11-22/h5-8,10-13,16,18,20,23,27,29,34,42H,9,14-15,17,19H2,1-4H3. The van der Waals surface area contributed by atoms with Crippen LogP contribution in [0, 0.1) is 12.8 Å². The Bertz CT molecular complexity index is 1720. The van der Waals surface area contributed by atoms with Crippen LogP contribution in [-0.4, -0.2) is 67.4 Å². The van der Waals surface area contributed by atoms with Crippen LogP contribution in [0.25, 0.3) is 27.9 Å². The van der Waals surface area contributed by atoms with Gasteiger partial charge in [-0.05, 0) is 49.9 Å². The van der Waals surface area contributed by atoms with Crippen molar-refractivity contribution in [2.24, 2.45) is 16.0 Å². The zero-order chi connectivity index (χ0) is 29.0. The Balaban J connectivity index is 1.31. The molecule has 0 amide bonds. The number of nitrogens with zero attached hydrogens (tertiary/aromatic N) is 7. The molecular formula is C33H38N8O. The first-order valence-electron chi connectivity index (χ1n) is 15.0. The maximum absolute atomic E-state index is 10.9. The zero-order valence-corrected chi connectivity index (χ0v) is 24.7. The van der Waals surface area contributed by atoms with Gasteiger partial charge in [0.1, 0.15) is 0 Å². The minimum absolute atomic E-state index is 0.155. The molecule has 0 saturated carbocycles. The molecule has 42 heavy (non-hydrogen) atoms. The lowest BCUT2D eigenvalue weighted by atomic mass is 9.95. The first-order valence-corrected chi connectivity index (χ1v) is 15.0. The SMILES string of the molecule is Cc1c(C(C)C)c(-c2cccc3nn(CC(O)c4ccccc4)cc23)nn1C1=CC2CN(C)N=C2N=C1C1CCCN1. The summed E-state index contributed by atoms with van der Waals surface area (Å²) >= 11 is 0. The fourth-order valence-electron chi connectivity index (χ4n) is 6.69. The predicted octanol–water partition coefficient (Wildman–Crippen LogP) is 4.99. The van der Waals surface area contributed by atoms with Gasteiger partial charge in [-0.15, -0.1) is 0 Å². The molecule has 2 N–H and O–H groups in total. The smallest absolute Gasteiger partial charge is 0.157 e. The molecule has 7 rings (SSSR count). The third-order valence-electron chi connectivity index (χ3n) is 8.68. The maximum Gasteiger partial charge on any atom is 0.157 e. The van der Waals surface area contributed by atoms with Crippen molar-refractivity contribution in [1.29, 1.82) is 0 Å². The van der Waals surface area contributed by atoms with Crippen LogP contribution in [-0.2, 0) is 6.54 Å². The first-order chi connectivity index (χ1) is 20.4. The number of hydrogen-bond acceptors (Lipinski definition) is 7. The molecule has 2 aromatic carbocycles. The van der Waals surface area contributed by atoms with Crippen molar-refractivity contribution in [3.63, 3.8) is 0 Å². The summed E-state index contributed by atoms with van der Waals surface area (Å²) in [4.78, 5) is 5.13. The van der Waals surface area contributed by atoms with Crippen molar-refractivity contribution in [3.8, 4) is 11.3 Å². The summed E-state index contributed by atoms with van der Waals surface area (Å²) in [6.45, 7) is 8.84. The highest BCUT2D eigenvalue weighted by atomic mass is 16.3. The Labute approximate surface area is 246 Å². The Kier molecular flexibility index (Phi) is 6.79. The summed E-state index contributed by atoms with van der Waals surface area (Å²) in [5.41, 5.74) is 8.24. The third-order valence-corrected chi connectivity index (χ3v) is 8.68. The van der Waals surface area contributed by atoms with Crippen LogP contribution >= 0.6 is 0 Å². The lowest BCUT2D eigenvalue weighted by Crippen LogP contribution is -2.37. The monoisotopic (exact) mass is 562 g/mol. The van der Waals surface area contributed by atoms with Crippen molar-refractivity contribution in [3.05, 3.63) is 77.6 Å². The van der Waals surface area contributed by atoms with Gasteiger partial charge in [-0.3, -0.25) is 9.69 Å². The molecule has 2 aromatic heterocycles. The van der Waals surface area contributed by atoms with Gasteiger partial charge in [-0.25, -0.2) is 9.67 Å². The number of aliphatic imine (C=N–C) groups is 1. The number of rotatable bonds is 7. The fraction of sp³-hybridized carbons (Fsp3) is 0.394. The Hall–Kier alpha value is -4.08. The summed E-state index contributed by atoms with van der Waals surface area (Å²) in [7, 11) is 2.01. The maximum atomic E-state index is 10.9. The van der Waals surface area contributed by atoms with E-state index in [-0.39, 0.29) is 17.9 Å². The van der Waals surface area contributed by atoms with Crippen molar-refractivity contribution in [1.82, 2.24) is 29.9 Å². The first kappa shape index (κ1) is 26.8. The highest BCUT2D eigenvalue weighted by Gasteiger charge is 2.35. The molecule has 9 heteroatoms. The largest absolute Gasteiger partial charge is 0.386 e. The van der Waals surface area contributed by atoms with Gasteiger partial charge in [0.15, 0.2) is 5.84 Å². The molecule has 3 aliphatic heterocycles. The molecule has 3 aliphatic rings. The second-order valence-corrected chi connectivity index (χ2v) is 12.0. The molecule has 0 radical (unpaired) electrons. The van der Waals surface area contributed by atoms with E-state index in [0.717, 1.165) is 76.6 Å². The predicted molar refractivity (Wildman–Crippen MR) is 167 cm³/mol. The van der Waals surface area contributed by atoms with Gasteiger partial charge >= 0.3 is 0 Å². The van der Waals surface area contributed by atoms with Crippen LogP contribution in [0.5, 0.6) is 0 Å². The van der Waals surface area contributed by atoms with E-state index in [1.807, 2.05) is 65.4 Å². The van der Waals surface area contributed by atoms with Crippen LogP contribution in [0.3, 0.4) is 0 Å². The van der Waals surface area contributed by atoms with Crippen LogP contribution in [0.1, 0.15) is 55.5 Å². The van der Waals surface area contributed by atoms with E-state index in [1.165, 1.54) is 5.56 Å². The number of nitrogens with one attached hydrogen (secondary N) is 1. The summed E-state index contributed by atoms with van der Waals surface area (Å²) in [6, 6.07) is 16.1. The molecule has 5 heterocycles. The molecule has 216 valence electrons. The topological polar surface area (TPSA) is 95.9 Å². The summed E-state index contributed by atoms with van der Waals surface area (Å²) in [6.07, 6.45) is 5.92. The molecule has 1 saturated heterocycles. The number of benzene rings is 2. The minimum atomic E-state index is -0.639. The molecule has 0 bridgehead atoms. The van der Waals surface area contributed by atoms with Gasteiger partial charge in [0.05, 0.1) is 47.2 Å². The number of aromatic nitrogens is 4.